The highest BCUT2D eigenvalue weighted by molar-refractivity contribution is 7.87. The van der Waals surface area contributed by atoms with Gasteiger partial charge in [-0.2, -0.15) is 8.42 Å². The Balaban J connectivity index is 2.18. The highest BCUT2D eigenvalue weighted by atomic mass is 32.2. The van der Waals surface area contributed by atoms with Crippen LogP contribution >= 0.6 is 0 Å². The predicted octanol–water partition coefficient (Wildman–Crippen LogP) is 4.24. The summed E-state index contributed by atoms with van der Waals surface area (Å²) in [7, 11) is -3.63. The Bertz CT molecular complexity index is 916. The molecule has 6 nitrogen and oxygen atoms in total. The average molecular weight is 408 g/mol. The topological polar surface area (TPSA) is 75.7 Å². The number of urea groups is 1. The lowest BCUT2D eigenvalue weighted by molar-refractivity contribution is 0.201. The van der Waals surface area contributed by atoms with E-state index in [1.807, 2.05) is 13.8 Å². The van der Waals surface area contributed by atoms with Crippen molar-refractivity contribution in [2.75, 3.05) is 17.6 Å². The van der Waals surface area contributed by atoms with E-state index in [1.54, 1.807) is 41.3 Å². The third kappa shape index (κ3) is 6.53. The second-order valence-corrected chi connectivity index (χ2v) is 8.62. The summed E-state index contributed by atoms with van der Waals surface area (Å²) in [5, 5.41) is 2.58. The molecule has 0 aromatic heterocycles. The molecule has 2 aromatic carbocycles. The fourth-order valence-corrected chi connectivity index (χ4v) is 3.05. The molecule has 0 bridgehead atoms. The minimum Gasteiger partial charge on any atom is -0.382 e. The first-order valence-corrected chi connectivity index (χ1v) is 10.6. The molecule has 152 valence electrons. The molecular weight excluding hydrogens is 383 g/mol. The van der Waals surface area contributed by atoms with Crippen LogP contribution in [0.15, 0.2) is 48.5 Å². The van der Waals surface area contributed by atoms with Gasteiger partial charge in [-0.3, -0.25) is 0 Å². The van der Waals surface area contributed by atoms with Crippen molar-refractivity contribution >= 4 is 21.8 Å². The molecule has 0 saturated heterocycles. The van der Waals surface area contributed by atoms with Crippen molar-refractivity contribution in [1.82, 2.24) is 4.90 Å². The minimum atomic E-state index is -3.63. The first kappa shape index (κ1) is 21.7. The number of rotatable bonds is 8. The van der Waals surface area contributed by atoms with Crippen LogP contribution in [0.5, 0.6) is 5.75 Å². The molecule has 0 unspecified atom stereocenters. The standard InChI is InChI=1S/C20H25FN2O4S/c1-4-28(25,26)27-17-9-7-8-16(12-17)14-23(13-15(2)3)20(24)22-19-11-6-5-10-18(19)21/h5-12,15H,4,13-14H2,1-3H3,(H,22,24). The van der Waals surface area contributed by atoms with E-state index in [1.165, 1.54) is 19.1 Å². The molecule has 0 aliphatic carbocycles. The molecule has 2 rings (SSSR count). The number of carbonyl (C=O) groups excluding carboxylic acids is 1. The smallest absolute Gasteiger partial charge is 0.322 e. The molecule has 0 saturated carbocycles. The van der Waals surface area contributed by atoms with Crippen LogP contribution in [0.4, 0.5) is 14.9 Å². The van der Waals surface area contributed by atoms with Gasteiger partial charge in [0.25, 0.3) is 0 Å². The molecule has 0 spiro atoms. The maximum atomic E-state index is 13.8. The number of nitrogens with zero attached hydrogens (tertiary/aromatic N) is 1. The fraction of sp³-hybridized carbons (Fsp3) is 0.350. The Morgan fingerprint density at radius 3 is 2.54 bits per heavy atom. The third-order valence-electron chi connectivity index (χ3n) is 3.84. The Kier molecular flexibility index (Phi) is 7.39. The largest absolute Gasteiger partial charge is 0.382 e. The van der Waals surface area contributed by atoms with E-state index in [0.717, 1.165) is 0 Å². The lowest BCUT2D eigenvalue weighted by Crippen LogP contribution is -2.37. The third-order valence-corrected chi connectivity index (χ3v) is 4.99. The number of halogens is 1. The van der Waals surface area contributed by atoms with Crippen LogP contribution in [-0.2, 0) is 16.7 Å². The second-order valence-electron chi connectivity index (χ2n) is 6.76. The molecule has 0 aliphatic heterocycles. The van der Waals surface area contributed by atoms with Crippen LogP contribution in [0.25, 0.3) is 0 Å². The van der Waals surface area contributed by atoms with Crippen molar-refractivity contribution in [2.45, 2.75) is 27.3 Å². The van der Waals surface area contributed by atoms with E-state index in [4.69, 9.17) is 4.18 Å². The molecule has 0 heterocycles. The van der Waals surface area contributed by atoms with Crippen molar-refractivity contribution < 1.29 is 21.8 Å². The first-order chi connectivity index (χ1) is 13.2. The maximum absolute atomic E-state index is 13.8. The van der Waals surface area contributed by atoms with Gasteiger partial charge in [-0.05, 0) is 42.7 Å². The summed E-state index contributed by atoms with van der Waals surface area (Å²) in [6, 6.07) is 12.1. The van der Waals surface area contributed by atoms with Gasteiger partial charge in [0.15, 0.2) is 0 Å². The van der Waals surface area contributed by atoms with Crippen molar-refractivity contribution in [3.63, 3.8) is 0 Å². The van der Waals surface area contributed by atoms with Gasteiger partial charge in [0.1, 0.15) is 11.6 Å². The summed E-state index contributed by atoms with van der Waals surface area (Å²) in [5.74, 6) is -0.271. The second kappa shape index (κ2) is 9.54. The van der Waals surface area contributed by atoms with E-state index < -0.39 is 22.0 Å². The Hall–Kier alpha value is -2.61. The molecule has 0 radical (unpaired) electrons. The number of hydrogen-bond donors (Lipinski definition) is 1. The van der Waals surface area contributed by atoms with Gasteiger partial charge < -0.3 is 14.4 Å². The summed E-state index contributed by atoms with van der Waals surface area (Å²) >= 11 is 0. The fourth-order valence-electron chi connectivity index (χ4n) is 2.54. The number of para-hydroxylation sites is 1. The summed E-state index contributed by atoms with van der Waals surface area (Å²) in [4.78, 5) is 14.2. The van der Waals surface area contributed by atoms with Gasteiger partial charge in [-0.1, -0.05) is 38.1 Å². The van der Waals surface area contributed by atoms with E-state index in [9.17, 15) is 17.6 Å². The lowest BCUT2D eigenvalue weighted by Gasteiger charge is -2.25. The van der Waals surface area contributed by atoms with Crippen molar-refractivity contribution in [1.29, 1.82) is 0 Å². The highest BCUT2D eigenvalue weighted by Gasteiger charge is 2.18. The lowest BCUT2D eigenvalue weighted by atomic mass is 10.1. The van der Waals surface area contributed by atoms with E-state index in [-0.39, 0.29) is 29.7 Å². The molecule has 2 aromatic rings. The van der Waals surface area contributed by atoms with Crippen LogP contribution in [-0.4, -0.2) is 31.6 Å². The average Bonchev–Trinajstić information content (AvgIpc) is 2.62. The summed E-state index contributed by atoms with van der Waals surface area (Å²) in [6.45, 7) is 6.10. The quantitative estimate of drug-likeness (QED) is 0.663. The Labute approximate surface area is 165 Å². The van der Waals surface area contributed by atoms with E-state index in [0.29, 0.717) is 12.1 Å². The number of anilines is 1. The summed E-state index contributed by atoms with van der Waals surface area (Å²) in [5.41, 5.74) is 0.806. The number of amides is 2. The molecule has 2 amide bonds. The molecule has 0 fully saturated rings. The first-order valence-electron chi connectivity index (χ1n) is 9.01. The molecular formula is C20H25FN2O4S. The zero-order valence-electron chi connectivity index (χ0n) is 16.2. The minimum absolute atomic E-state index is 0.104. The van der Waals surface area contributed by atoms with Crippen LogP contribution in [0.3, 0.4) is 0 Å². The van der Waals surface area contributed by atoms with Crippen molar-refractivity contribution in [3.05, 3.63) is 59.9 Å². The SMILES string of the molecule is CCS(=O)(=O)Oc1cccc(CN(CC(C)C)C(=O)Nc2ccccc2F)c1. The molecule has 28 heavy (non-hydrogen) atoms. The van der Waals surface area contributed by atoms with Crippen LogP contribution in [0.2, 0.25) is 0 Å². The van der Waals surface area contributed by atoms with Gasteiger partial charge in [0.2, 0.25) is 0 Å². The number of benzene rings is 2. The molecule has 0 aliphatic rings. The van der Waals surface area contributed by atoms with E-state index in [2.05, 4.69) is 5.32 Å². The molecule has 0 atom stereocenters. The van der Waals surface area contributed by atoms with Gasteiger partial charge in [0.05, 0.1) is 11.4 Å². The van der Waals surface area contributed by atoms with Crippen molar-refractivity contribution in [3.8, 4) is 5.75 Å². The normalized spacial score (nSPS) is 11.3. The van der Waals surface area contributed by atoms with Crippen LogP contribution in [0, 0.1) is 11.7 Å². The van der Waals surface area contributed by atoms with Gasteiger partial charge >= 0.3 is 16.1 Å². The van der Waals surface area contributed by atoms with Crippen molar-refractivity contribution in [2.24, 2.45) is 5.92 Å². The zero-order valence-corrected chi connectivity index (χ0v) is 17.0. The predicted molar refractivity (Wildman–Crippen MR) is 107 cm³/mol. The number of carbonyl (C=O) groups is 1. The van der Waals surface area contributed by atoms with Gasteiger partial charge in [-0.15, -0.1) is 0 Å². The molecule has 8 heteroatoms. The monoisotopic (exact) mass is 408 g/mol. The van der Waals surface area contributed by atoms with Crippen LogP contribution in [0.1, 0.15) is 26.3 Å². The zero-order chi connectivity index (χ0) is 20.7. The maximum Gasteiger partial charge on any atom is 0.322 e. The Morgan fingerprint density at radius 1 is 1.18 bits per heavy atom. The van der Waals surface area contributed by atoms with Crippen LogP contribution < -0.4 is 9.50 Å². The number of nitrogens with one attached hydrogen (secondary N) is 1. The molecule has 1 N–H and O–H groups in total. The number of hydrogen-bond acceptors (Lipinski definition) is 4. The van der Waals surface area contributed by atoms with Gasteiger partial charge in [0, 0.05) is 13.1 Å². The highest BCUT2D eigenvalue weighted by Crippen LogP contribution is 2.19. The summed E-state index contributed by atoms with van der Waals surface area (Å²) < 4.78 is 42.2. The Morgan fingerprint density at radius 2 is 1.89 bits per heavy atom. The van der Waals surface area contributed by atoms with E-state index >= 15 is 0 Å². The summed E-state index contributed by atoms with van der Waals surface area (Å²) in [6.07, 6.45) is 0. The van der Waals surface area contributed by atoms with Gasteiger partial charge in [-0.25, -0.2) is 9.18 Å².